The lowest BCUT2D eigenvalue weighted by molar-refractivity contribution is -0.513. The van der Waals surface area contributed by atoms with Gasteiger partial charge < -0.3 is 0 Å². The maximum atomic E-state index is 2.70. The highest BCUT2D eigenvalue weighted by atomic mass is 15.1. The molecule has 0 heteroatoms. The summed E-state index contributed by atoms with van der Waals surface area (Å²) >= 11 is 0. The van der Waals surface area contributed by atoms with E-state index >= 15 is 0 Å². The van der Waals surface area contributed by atoms with Gasteiger partial charge in [0.05, 0.1) is 0 Å². The van der Waals surface area contributed by atoms with Gasteiger partial charge in [0, 0.05) is 0 Å². The van der Waals surface area contributed by atoms with E-state index in [1.54, 1.807) is 0 Å². The summed E-state index contributed by atoms with van der Waals surface area (Å²) in [5.74, 6) is 0. The molecule has 0 amide bonds. The Balaban J connectivity index is 2.32. The monoisotopic (exact) mass is 330 g/mol. The topological polar surface area (TPSA) is 0 Å². The van der Waals surface area contributed by atoms with Crippen LogP contribution in [-0.4, -0.2) is 0 Å². The third-order valence-electron chi connectivity index (χ3n) is 15.0. The summed E-state index contributed by atoms with van der Waals surface area (Å²) in [6.45, 7) is 37.1. The van der Waals surface area contributed by atoms with Crippen LogP contribution < -0.4 is 0 Å². The molecule has 0 heterocycles. The molecule has 0 radical (unpaired) electrons. The molecule has 138 valence electrons. The minimum absolute atomic E-state index is 0.307. The molecule has 6 aliphatic carbocycles. The molecule has 0 aromatic heterocycles. The molecule has 6 aliphatic rings. The normalized spacial score (nSPS) is 65.8. The Hall–Kier alpha value is 0. The molecule has 0 aromatic carbocycles. The van der Waals surface area contributed by atoms with E-state index < -0.39 is 0 Å². The largest absolute Gasteiger partial charge is 0.0588 e. The highest BCUT2D eigenvalue weighted by molar-refractivity contribution is 5.54. The first kappa shape index (κ1) is 17.4. The Kier molecular flexibility index (Phi) is 2.24. The summed E-state index contributed by atoms with van der Waals surface area (Å²) in [6.07, 6.45) is 0. The Bertz CT molecular complexity index is 693. The average molecular weight is 331 g/mol. The van der Waals surface area contributed by atoms with Crippen LogP contribution in [0, 0.1) is 54.1 Å². The zero-order valence-corrected chi connectivity index (χ0v) is 19.0. The number of rotatable bonds is 0. The lowest BCUT2D eigenvalue weighted by Gasteiger charge is -2.98. The standard InChI is InChI=1S/C24H42/c1-15(2)19(9)16(3,4)21(11)18(7,8)23(13)22(19,12)17(5,6)20(15,10)24(21,23)14/h1-14H3. The van der Waals surface area contributed by atoms with Crippen LogP contribution in [0.3, 0.4) is 0 Å². The fraction of sp³-hybridized carbons (Fsp3) is 1.00. The molecule has 6 saturated carbocycles. The van der Waals surface area contributed by atoms with Crippen LogP contribution in [-0.2, 0) is 0 Å². The first-order chi connectivity index (χ1) is 10.2. The summed E-state index contributed by atoms with van der Waals surface area (Å²) in [5, 5.41) is 0. The van der Waals surface area contributed by atoms with Crippen LogP contribution in [0.4, 0.5) is 0 Å². The van der Waals surface area contributed by atoms with E-state index in [9.17, 15) is 0 Å². The van der Waals surface area contributed by atoms with Crippen molar-refractivity contribution >= 4 is 0 Å². The summed E-state index contributed by atoms with van der Waals surface area (Å²) < 4.78 is 0. The Labute approximate surface area is 151 Å². The highest BCUT2D eigenvalue weighted by Gasteiger charge is 3.08. The van der Waals surface area contributed by atoms with Crippen molar-refractivity contribution in [2.45, 2.75) is 96.9 Å². The van der Waals surface area contributed by atoms with Gasteiger partial charge in [0.1, 0.15) is 0 Å². The fourth-order valence-corrected chi connectivity index (χ4v) is 13.0. The molecule has 6 bridgehead atoms. The van der Waals surface area contributed by atoms with Crippen molar-refractivity contribution in [1.82, 2.24) is 0 Å². The van der Waals surface area contributed by atoms with Gasteiger partial charge in [0.15, 0.2) is 0 Å². The van der Waals surface area contributed by atoms with Crippen LogP contribution in [0.2, 0.25) is 0 Å². The lowest BCUT2D eigenvalue weighted by atomic mass is 9.06. The third kappa shape index (κ3) is 0.709. The second kappa shape index (κ2) is 3.09. The zero-order valence-electron chi connectivity index (χ0n) is 19.0. The van der Waals surface area contributed by atoms with Crippen LogP contribution in [0.1, 0.15) is 96.9 Å². The molecule has 0 N–H and O–H groups in total. The van der Waals surface area contributed by atoms with Gasteiger partial charge in [0.2, 0.25) is 0 Å². The average Bonchev–Trinajstić information content (AvgIpc) is 2.56. The molecular weight excluding hydrogens is 288 g/mol. The second-order valence-electron chi connectivity index (χ2n) is 13.2. The summed E-state index contributed by atoms with van der Waals surface area (Å²) in [4.78, 5) is 0. The van der Waals surface area contributed by atoms with Gasteiger partial charge in [-0.25, -0.2) is 0 Å². The first-order valence-electron chi connectivity index (χ1n) is 10.2. The van der Waals surface area contributed by atoms with Crippen LogP contribution in [0.15, 0.2) is 0 Å². The molecular formula is C24H42. The highest BCUT2D eigenvalue weighted by Crippen LogP contribution is 3.12. The molecule has 0 saturated heterocycles. The van der Waals surface area contributed by atoms with E-state index in [1.165, 1.54) is 0 Å². The predicted octanol–water partition coefficient (Wildman–Crippen LogP) is 7.18. The van der Waals surface area contributed by atoms with Gasteiger partial charge in [-0.1, -0.05) is 96.9 Å². The van der Waals surface area contributed by atoms with Crippen molar-refractivity contribution in [3.8, 4) is 0 Å². The zero-order chi connectivity index (χ0) is 19.0. The van der Waals surface area contributed by atoms with Gasteiger partial charge in [0.25, 0.3) is 0 Å². The maximum absolute atomic E-state index is 2.70. The van der Waals surface area contributed by atoms with Gasteiger partial charge in [-0.05, 0) is 54.1 Å². The van der Waals surface area contributed by atoms with E-state index in [1.807, 2.05) is 0 Å². The minimum Gasteiger partial charge on any atom is -0.0588 e. The summed E-state index contributed by atoms with van der Waals surface area (Å²) in [6, 6.07) is 0. The van der Waals surface area contributed by atoms with Crippen molar-refractivity contribution in [1.29, 1.82) is 0 Å². The van der Waals surface area contributed by atoms with Gasteiger partial charge >= 0.3 is 0 Å². The number of hydrogen-bond acceptors (Lipinski definition) is 0. The minimum atomic E-state index is 0.307. The van der Waals surface area contributed by atoms with Crippen molar-refractivity contribution in [3.05, 3.63) is 0 Å². The van der Waals surface area contributed by atoms with E-state index in [4.69, 9.17) is 0 Å². The molecule has 6 fully saturated rings. The predicted molar refractivity (Wildman–Crippen MR) is 104 cm³/mol. The molecule has 0 spiro atoms. The summed E-state index contributed by atoms with van der Waals surface area (Å²) in [7, 11) is 0. The van der Waals surface area contributed by atoms with Gasteiger partial charge in [-0.3, -0.25) is 0 Å². The Morgan fingerprint density at radius 1 is 0.208 bits per heavy atom. The summed E-state index contributed by atoms with van der Waals surface area (Å²) in [5.41, 5.74) is 3.39. The first-order valence-corrected chi connectivity index (χ1v) is 10.2. The van der Waals surface area contributed by atoms with Crippen molar-refractivity contribution < 1.29 is 0 Å². The van der Waals surface area contributed by atoms with E-state index in [2.05, 4.69) is 96.9 Å². The van der Waals surface area contributed by atoms with E-state index in [0.717, 1.165) is 0 Å². The van der Waals surface area contributed by atoms with Gasteiger partial charge in [-0.15, -0.1) is 0 Å². The third-order valence-corrected chi connectivity index (χ3v) is 15.0. The second-order valence-corrected chi connectivity index (χ2v) is 13.2. The van der Waals surface area contributed by atoms with Crippen molar-refractivity contribution in [2.75, 3.05) is 0 Å². The van der Waals surface area contributed by atoms with Crippen LogP contribution in [0.5, 0.6) is 0 Å². The van der Waals surface area contributed by atoms with Crippen LogP contribution in [0.25, 0.3) is 0 Å². The smallest absolute Gasteiger partial charge is 0.0132 e. The van der Waals surface area contributed by atoms with Crippen molar-refractivity contribution in [3.63, 3.8) is 0 Å². The lowest BCUT2D eigenvalue weighted by Crippen LogP contribution is -2.94. The molecule has 0 aromatic rings. The molecule has 6 rings (SSSR count). The molecule has 6 atom stereocenters. The maximum Gasteiger partial charge on any atom is -0.0132 e. The van der Waals surface area contributed by atoms with Crippen LogP contribution >= 0.6 is 0 Å². The Morgan fingerprint density at radius 2 is 0.375 bits per heavy atom. The van der Waals surface area contributed by atoms with E-state index in [0.29, 0.717) is 54.1 Å². The molecule has 24 heavy (non-hydrogen) atoms. The molecule has 0 aliphatic heterocycles. The van der Waals surface area contributed by atoms with Crippen molar-refractivity contribution in [2.24, 2.45) is 54.1 Å². The molecule has 6 unspecified atom stereocenters. The molecule has 0 nitrogen and oxygen atoms in total. The SMILES string of the molecule is CC1(C)C2(C)C(C)(C)C3(C)C(C)(C)C4(C)C2(C)C(C)(C)C1(C)C34C. The Morgan fingerprint density at radius 3 is 0.667 bits per heavy atom. The number of hydrogen-bond donors (Lipinski definition) is 0. The van der Waals surface area contributed by atoms with E-state index in [-0.39, 0.29) is 0 Å². The fourth-order valence-electron chi connectivity index (χ4n) is 13.0. The quantitative estimate of drug-likeness (QED) is 0.441. The van der Waals surface area contributed by atoms with Gasteiger partial charge in [-0.2, -0.15) is 0 Å².